The van der Waals surface area contributed by atoms with Gasteiger partial charge in [0.05, 0.1) is 6.10 Å². The summed E-state index contributed by atoms with van der Waals surface area (Å²) in [4.78, 5) is 1.88. The predicted molar refractivity (Wildman–Crippen MR) is 52.8 cm³/mol. The Kier molecular flexibility index (Phi) is 3.49. The summed E-state index contributed by atoms with van der Waals surface area (Å²) >= 11 is 0. The first-order valence-electron chi connectivity index (χ1n) is 4.43. The van der Waals surface area contributed by atoms with Crippen molar-refractivity contribution in [1.29, 1.82) is 0 Å². The Balaban J connectivity index is 2.73. The van der Waals surface area contributed by atoms with Crippen LogP contribution in [0.4, 0.5) is 0 Å². The summed E-state index contributed by atoms with van der Waals surface area (Å²) in [5.74, 6) is 0. The fourth-order valence-electron chi connectivity index (χ4n) is 1.76. The quantitative estimate of drug-likeness (QED) is 0.590. The zero-order valence-corrected chi connectivity index (χ0v) is 9.24. The van der Waals surface area contributed by atoms with E-state index in [-0.39, 0.29) is 12.6 Å². The molecule has 0 aliphatic carbocycles. The third-order valence-corrected chi connectivity index (χ3v) is 3.35. The molecule has 1 aliphatic heterocycles. The van der Waals surface area contributed by atoms with Gasteiger partial charge in [0.1, 0.15) is 0 Å². The van der Waals surface area contributed by atoms with Crippen LogP contribution >= 0.6 is 0 Å². The van der Waals surface area contributed by atoms with Gasteiger partial charge in [-0.2, -0.15) is 12.7 Å². The SMILES string of the molecule is CN(C)CC1CC(O)CN1S(N)(=O)=O. The Hall–Kier alpha value is -0.210. The maximum absolute atomic E-state index is 11.1. The fourth-order valence-corrected chi connectivity index (χ4v) is 2.71. The van der Waals surface area contributed by atoms with E-state index in [4.69, 9.17) is 5.14 Å². The van der Waals surface area contributed by atoms with Crippen LogP contribution in [0.3, 0.4) is 0 Å². The predicted octanol–water partition coefficient (Wildman–Crippen LogP) is -1.81. The molecule has 6 nitrogen and oxygen atoms in total. The second-order valence-electron chi connectivity index (χ2n) is 3.92. The van der Waals surface area contributed by atoms with Crippen molar-refractivity contribution in [2.24, 2.45) is 5.14 Å². The van der Waals surface area contributed by atoms with Gasteiger partial charge in [-0.3, -0.25) is 0 Å². The second kappa shape index (κ2) is 4.11. The summed E-state index contributed by atoms with van der Waals surface area (Å²) < 4.78 is 23.5. The Bertz CT molecular complexity index is 291. The van der Waals surface area contributed by atoms with E-state index in [1.807, 2.05) is 19.0 Å². The van der Waals surface area contributed by atoms with Gasteiger partial charge in [-0.25, -0.2) is 5.14 Å². The normalized spacial score (nSPS) is 30.1. The number of nitrogens with zero attached hydrogens (tertiary/aromatic N) is 2. The zero-order chi connectivity index (χ0) is 10.9. The molecule has 14 heavy (non-hydrogen) atoms. The molecule has 1 rings (SSSR count). The molecule has 0 spiro atoms. The largest absolute Gasteiger partial charge is 0.392 e. The highest BCUT2D eigenvalue weighted by atomic mass is 32.2. The van der Waals surface area contributed by atoms with Crippen LogP contribution in [0, 0.1) is 0 Å². The molecule has 0 radical (unpaired) electrons. The highest BCUT2D eigenvalue weighted by Gasteiger charge is 2.37. The molecule has 1 aliphatic rings. The molecule has 1 saturated heterocycles. The van der Waals surface area contributed by atoms with Gasteiger partial charge < -0.3 is 10.0 Å². The van der Waals surface area contributed by atoms with Crippen molar-refractivity contribution >= 4 is 10.2 Å². The van der Waals surface area contributed by atoms with E-state index in [0.29, 0.717) is 13.0 Å². The van der Waals surface area contributed by atoms with Crippen molar-refractivity contribution in [2.75, 3.05) is 27.2 Å². The molecule has 0 aromatic heterocycles. The van der Waals surface area contributed by atoms with Crippen LogP contribution in [0.2, 0.25) is 0 Å². The average Bonchev–Trinajstić information content (AvgIpc) is 2.28. The van der Waals surface area contributed by atoms with E-state index >= 15 is 0 Å². The van der Waals surface area contributed by atoms with Gasteiger partial charge in [-0.1, -0.05) is 0 Å². The van der Waals surface area contributed by atoms with Crippen LogP contribution in [-0.2, 0) is 10.2 Å². The Morgan fingerprint density at radius 2 is 2.14 bits per heavy atom. The molecule has 2 unspecified atom stereocenters. The molecular weight excluding hydrogens is 206 g/mol. The number of rotatable bonds is 3. The smallest absolute Gasteiger partial charge is 0.277 e. The van der Waals surface area contributed by atoms with Crippen LogP contribution in [-0.4, -0.2) is 62.1 Å². The van der Waals surface area contributed by atoms with Crippen molar-refractivity contribution in [3.8, 4) is 0 Å². The van der Waals surface area contributed by atoms with Gasteiger partial charge in [-0.05, 0) is 20.5 Å². The minimum absolute atomic E-state index is 0.108. The average molecular weight is 223 g/mol. The molecule has 84 valence electrons. The monoisotopic (exact) mass is 223 g/mol. The standard InChI is InChI=1S/C7H17N3O3S/c1-9(2)4-6-3-7(11)5-10(6)14(8,12)13/h6-7,11H,3-5H2,1-2H3,(H2,8,12,13). The number of β-amino-alcohol motifs (C(OH)–C–C–N with tert-alkyl or cyclic N) is 1. The molecule has 1 fully saturated rings. The summed E-state index contributed by atoms with van der Waals surface area (Å²) in [5, 5.41) is 14.4. The lowest BCUT2D eigenvalue weighted by atomic mass is 10.2. The maximum Gasteiger partial charge on any atom is 0.277 e. The van der Waals surface area contributed by atoms with Crippen LogP contribution < -0.4 is 5.14 Å². The van der Waals surface area contributed by atoms with Gasteiger partial charge in [-0.15, -0.1) is 0 Å². The summed E-state index contributed by atoms with van der Waals surface area (Å²) in [6.45, 7) is 0.685. The van der Waals surface area contributed by atoms with Gasteiger partial charge in [0.2, 0.25) is 0 Å². The number of aliphatic hydroxyl groups excluding tert-OH is 1. The van der Waals surface area contributed by atoms with Crippen molar-refractivity contribution < 1.29 is 13.5 Å². The Morgan fingerprint density at radius 3 is 2.57 bits per heavy atom. The molecular formula is C7H17N3O3S. The summed E-state index contributed by atoms with van der Waals surface area (Å²) in [6, 6.07) is -0.213. The molecule has 0 bridgehead atoms. The highest BCUT2D eigenvalue weighted by molar-refractivity contribution is 7.86. The highest BCUT2D eigenvalue weighted by Crippen LogP contribution is 2.20. The van der Waals surface area contributed by atoms with Crippen molar-refractivity contribution in [3.63, 3.8) is 0 Å². The van der Waals surface area contributed by atoms with E-state index < -0.39 is 16.3 Å². The topological polar surface area (TPSA) is 86.9 Å². The minimum Gasteiger partial charge on any atom is -0.392 e. The third kappa shape index (κ3) is 2.89. The van der Waals surface area contributed by atoms with Crippen LogP contribution in [0.1, 0.15) is 6.42 Å². The lowest BCUT2D eigenvalue weighted by Crippen LogP contribution is -2.44. The lowest BCUT2D eigenvalue weighted by molar-refractivity contribution is 0.188. The fraction of sp³-hybridized carbons (Fsp3) is 1.00. The second-order valence-corrected chi connectivity index (χ2v) is 5.42. The van der Waals surface area contributed by atoms with E-state index in [0.717, 1.165) is 4.31 Å². The van der Waals surface area contributed by atoms with Crippen LogP contribution in [0.5, 0.6) is 0 Å². The molecule has 0 amide bonds. The lowest BCUT2D eigenvalue weighted by Gasteiger charge is -2.23. The first-order chi connectivity index (χ1) is 6.30. The van der Waals surface area contributed by atoms with Crippen LogP contribution in [0.25, 0.3) is 0 Å². The number of hydrogen-bond acceptors (Lipinski definition) is 4. The van der Waals surface area contributed by atoms with Gasteiger partial charge >= 0.3 is 0 Å². The molecule has 0 saturated carbocycles. The Morgan fingerprint density at radius 1 is 1.57 bits per heavy atom. The molecule has 1 heterocycles. The van der Waals surface area contributed by atoms with Crippen molar-refractivity contribution in [3.05, 3.63) is 0 Å². The summed E-state index contributed by atoms with van der Waals surface area (Å²) in [5.41, 5.74) is 0. The van der Waals surface area contributed by atoms with Gasteiger partial charge in [0, 0.05) is 19.1 Å². The third-order valence-electron chi connectivity index (χ3n) is 2.24. The van der Waals surface area contributed by atoms with Crippen molar-refractivity contribution in [1.82, 2.24) is 9.21 Å². The molecule has 3 N–H and O–H groups in total. The zero-order valence-electron chi connectivity index (χ0n) is 8.42. The minimum atomic E-state index is -3.68. The first kappa shape index (κ1) is 11.9. The van der Waals surface area contributed by atoms with E-state index in [1.165, 1.54) is 0 Å². The number of likely N-dealkylation sites (N-methyl/N-ethyl adjacent to an activating group) is 1. The summed E-state index contributed by atoms with van der Waals surface area (Å²) in [7, 11) is 0.0228. The molecule has 7 heteroatoms. The van der Waals surface area contributed by atoms with E-state index in [9.17, 15) is 13.5 Å². The Labute approximate surface area is 84.5 Å². The number of hydrogen-bond donors (Lipinski definition) is 2. The molecule has 0 aromatic rings. The van der Waals surface area contributed by atoms with Crippen LogP contribution in [0.15, 0.2) is 0 Å². The molecule has 2 atom stereocenters. The number of aliphatic hydroxyl groups is 1. The van der Waals surface area contributed by atoms with E-state index in [2.05, 4.69) is 0 Å². The van der Waals surface area contributed by atoms with Gasteiger partial charge in [0.25, 0.3) is 10.2 Å². The first-order valence-corrected chi connectivity index (χ1v) is 5.93. The summed E-state index contributed by atoms with van der Waals surface area (Å²) in [6.07, 6.45) is -0.146. The maximum atomic E-state index is 11.1. The number of nitrogens with two attached hydrogens (primary N) is 1. The van der Waals surface area contributed by atoms with E-state index in [1.54, 1.807) is 0 Å². The molecule has 0 aromatic carbocycles. The van der Waals surface area contributed by atoms with Gasteiger partial charge in [0.15, 0.2) is 0 Å². The van der Waals surface area contributed by atoms with Crippen molar-refractivity contribution in [2.45, 2.75) is 18.6 Å².